The van der Waals surface area contributed by atoms with Crippen molar-refractivity contribution in [1.82, 2.24) is 20.6 Å². The third kappa shape index (κ3) is 3.93. The van der Waals surface area contributed by atoms with Gasteiger partial charge in [-0.05, 0) is 29.5 Å². The van der Waals surface area contributed by atoms with Gasteiger partial charge >= 0.3 is 0 Å². The Morgan fingerprint density at radius 1 is 1.07 bits per heavy atom. The van der Waals surface area contributed by atoms with Crippen LogP contribution in [0.5, 0.6) is 11.5 Å². The first kappa shape index (κ1) is 19.4. The molecule has 1 unspecified atom stereocenters. The lowest BCUT2D eigenvalue weighted by Gasteiger charge is -2.17. The molecule has 8 heteroatoms. The highest BCUT2D eigenvalue weighted by Crippen LogP contribution is 2.30. The molecule has 152 valence electrons. The molecule has 0 aliphatic carbocycles. The molecular weight excluding hydrogens is 382 g/mol. The van der Waals surface area contributed by atoms with Crippen LogP contribution in [0.4, 0.5) is 5.69 Å². The van der Waals surface area contributed by atoms with Crippen molar-refractivity contribution >= 4 is 22.4 Å². The van der Waals surface area contributed by atoms with Crippen molar-refractivity contribution in [3.05, 3.63) is 72.1 Å². The van der Waals surface area contributed by atoms with Gasteiger partial charge in [0, 0.05) is 17.1 Å². The molecule has 1 heterocycles. The number of benzene rings is 3. The average molecular weight is 403 g/mol. The van der Waals surface area contributed by atoms with Crippen LogP contribution in [0.3, 0.4) is 0 Å². The number of tetrazole rings is 1. The Hall–Kier alpha value is -3.94. The monoisotopic (exact) mass is 403 g/mol. The Balaban J connectivity index is 1.66. The van der Waals surface area contributed by atoms with Gasteiger partial charge in [-0.15, -0.1) is 10.2 Å². The molecule has 0 radical (unpaired) electrons. The van der Waals surface area contributed by atoms with Crippen molar-refractivity contribution in [2.24, 2.45) is 0 Å². The first-order valence-corrected chi connectivity index (χ1v) is 9.42. The van der Waals surface area contributed by atoms with E-state index in [-0.39, 0.29) is 5.91 Å². The van der Waals surface area contributed by atoms with E-state index in [0.717, 1.165) is 22.0 Å². The van der Waals surface area contributed by atoms with Crippen molar-refractivity contribution in [2.75, 3.05) is 19.5 Å². The molecule has 0 saturated carbocycles. The maximum atomic E-state index is 13.3. The van der Waals surface area contributed by atoms with Gasteiger partial charge in [-0.1, -0.05) is 47.7 Å². The molecule has 1 aromatic heterocycles. The van der Waals surface area contributed by atoms with Gasteiger partial charge in [0.1, 0.15) is 17.4 Å². The van der Waals surface area contributed by atoms with Crippen molar-refractivity contribution in [3.63, 3.8) is 0 Å². The van der Waals surface area contributed by atoms with Crippen LogP contribution in [-0.2, 0) is 11.2 Å². The lowest BCUT2D eigenvalue weighted by molar-refractivity contribution is -0.117. The minimum Gasteiger partial charge on any atom is -0.497 e. The molecule has 0 fully saturated rings. The van der Waals surface area contributed by atoms with Gasteiger partial charge in [0.15, 0.2) is 5.82 Å². The van der Waals surface area contributed by atoms with Crippen molar-refractivity contribution in [2.45, 2.75) is 12.3 Å². The largest absolute Gasteiger partial charge is 0.497 e. The normalized spacial score (nSPS) is 11.8. The molecule has 0 bridgehead atoms. The minimum atomic E-state index is -0.662. The smallest absolute Gasteiger partial charge is 0.235 e. The first-order chi connectivity index (χ1) is 14.7. The number of anilines is 1. The van der Waals surface area contributed by atoms with E-state index in [2.05, 4.69) is 25.9 Å². The standard InChI is InChI=1S/C22H21N5O3/c1-29-16-11-10-15(20(13-16)30-2)12-18(21-24-26-27-25-21)22(28)23-19-9-5-7-14-6-3-4-8-17(14)19/h3-11,13,18H,12H2,1-2H3,(H,23,28)(H,24,25,26,27). The lowest BCUT2D eigenvalue weighted by atomic mass is 9.96. The van der Waals surface area contributed by atoms with E-state index in [0.29, 0.717) is 23.7 Å². The van der Waals surface area contributed by atoms with Gasteiger partial charge in [0.2, 0.25) is 5.91 Å². The first-order valence-electron chi connectivity index (χ1n) is 9.42. The predicted octanol–water partition coefficient (Wildman–Crippen LogP) is 3.34. The summed E-state index contributed by atoms with van der Waals surface area (Å²) in [6.45, 7) is 0. The number of rotatable bonds is 7. The molecule has 8 nitrogen and oxygen atoms in total. The minimum absolute atomic E-state index is 0.231. The van der Waals surface area contributed by atoms with Crippen LogP contribution in [0, 0.1) is 0 Å². The van der Waals surface area contributed by atoms with E-state index in [9.17, 15) is 4.79 Å². The quantitative estimate of drug-likeness (QED) is 0.491. The molecule has 30 heavy (non-hydrogen) atoms. The second-order valence-corrected chi connectivity index (χ2v) is 6.72. The van der Waals surface area contributed by atoms with Gasteiger partial charge in [0.05, 0.1) is 14.2 Å². The number of amides is 1. The summed E-state index contributed by atoms with van der Waals surface area (Å²) >= 11 is 0. The summed E-state index contributed by atoms with van der Waals surface area (Å²) in [5, 5.41) is 19.2. The summed E-state index contributed by atoms with van der Waals surface area (Å²) in [4.78, 5) is 13.3. The number of H-pyrrole nitrogens is 1. The van der Waals surface area contributed by atoms with Crippen LogP contribution in [0.25, 0.3) is 10.8 Å². The van der Waals surface area contributed by atoms with Gasteiger partial charge in [-0.25, -0.2) is 0 Å². The van der Waals surface area contributed by atoms with Crippen molar-refractivity contribution in [1.29, 1.82) is 0 Å². The third-order valence-corrected chi connectivity index (χ3v) is 4.96. The number of fused-ring (bicyclic) bond motifs is 1. The number of carbonyl (C=O) groups excluding carboxylic acids is 1. The molecule has 0 spiro atoms. The van der Waals surface area contributed by atoms with E-state index < -0.39 is 5.92 Å². The molecule has 1 amide bonds. The number of aromatic amines is 1. The predicted molar refractivity (Wildman–Crippen MR) is 113 cm³/mol. The Kier molecular flexibility index (Phi) is 5.56. The van der Waals surface area contributed by atoms with Gasteiger partial charge < -0.3 is 14.8 Å². The Labute approximate surface area is 173 Å². The van der Waals surface area contributed by atoms with Gasteiger partial charge in [-0.3, -0.25) is 4.79 Å². The fraction of sp³-hybridized carbons (Fsp3) is 0.182. The Morgan fingerprint density at radius 2 is 1.90 bits per heavy atom. The number of nitrogens with one attached hydrogen (secondary N) is 2. The molecule has 1 atom stereocenters. The molecule has 2 N–H and O–H groups in total. The van der Waals surface area contributed by atoms with Crippen molar-refractivity contribution in [3.8, 4) is 11.5 Å². The lowest BCUT2D eigenvalue weighted by Crippen LogP contribution is -2.24. The summed E-state index contributed by atoms with van der Waals surface area (Å²) in [6.07, 6.45) is 0.337. The highest BCUT2D eigenvalue weighted by molar-refractivity contribution is 6.04. The van der Waals surface area contributed by atoms with E-state index >= 15 is 0 Å². The van der Waals surface area contributed by atoms with Crippen LogP contribution in [0.15, 0.2) is 60.7 Å². The van der Waals surface area contributed by atoms with Crippen LogP contribution in [0.2, 0.25) is 0 Å². The number of hydrogen-bond acceptors (Lipinski definition) is 6. The number of hydrogen-bond donors (Lipinski definition) is 2. The zero-order valence-corrected chi connectivity index (χ0v) is 16.6. The van der Waals surface area contributed by atoms with E-state index in [1.54, 1.807) is 20.3 Å². The van der Waals surface area contributed by atoms with E-state index in [4.69, 9.17) is 9.47 Å². The Bertz CT molecular complexity index is 1160. The number of aromatic nitrogens is 4. The molecule has 0 aliphatic heterocycles. The zero-order valence-electron chi connectivity index (χ0n) is 16.6. The zero-order chi connectivity index (χ0) is 20.9. The second-order valence-electron chi connectivity index (χ2n) is 6.72. The summed E-state index contributed by atoms with van der Waals surface area (Å²) in [6, 6.07) is 19.2. The van der Waals surface area contributed by atoms with Crippen LogP contribution >= 0.6 is 0 Å². The van der Waals surface area contributed by atoms with Crippen LogP contribution < -0.4 is 14.8 Å². The summed E-state index contributed by atoms with van der Waals surface area (Å²) in [5.41, 5.74) is 1.56. The summed E-state index contributed by atoms with van der Waals surface area (Å²) in [7, 11) is 3.17. The van der Waals surface area contributed by atoms with Crippen LogP contribution in [0.1, 0.15) is 17.3 Å². The van der Waals surface area contributed by atoms with Gasteiger partial charge in [-0.2, -0.15) is 5.21 Å². The molecular formula is C22H21N5O3. The van der Waals surface area contributed by atoms with Gasteiger partial charge in [0.25, 0.3) is 0 Å². The highest BCUT2D eigenvalue weighted by atomic mass is 16.5. The number of methoxy groups -OCH3 is 2. The Morgan fingerprint density at radius 3 is 2.67 bits per heavy atom. The SMILES string of the molecule is COc1ccc(CC(C(=O)Nc2cccc3ccccc23)c2nn[nH]n2)c(OC)c1. The average Bonchev–Trinajstić information content (AvgIpc) is 3.32. The summed E-state index contributed by atoms with van der Waals surface area (Å²) < 4.78 is 10.7. The molecule has 0 aliphatic rings. The second kappa shape index (κ2) is 8.60. The maximum absolute atomic E-state index is 13.3. The van der Waals surface area contributed by atoms with Crippen LogP contribution in [-0.4, -0.2) is 40.8 Å². The topological polar surface area (TPSA) is 102 Å². The molecule has 4 aromatic rings. The third-order valence-electron chi connectivity index (χ3n) is 4.96. The highest BCUT2D eigenvalue weighted by Gasteiger charge is 2.27. The number of ether oxygens (including phenoxy) is 2. The maximum Gasteiger partial charge on any atom is 0.235 e. The fourth-order valence-electron chi connectivity index (χ4n) is 3.41. The summed E-state index contributed by atoms with van der Waals surface area (Å²) in [5.74, 6) is 0.717. The molecule has 4 rings (SSSR count). The van der Waals surface area contributed by atoms with E-state index in [1.165, 1.54) is 0 Å². The number of nitrogens with zero attached hydrogens (tertiary/aromatic N) is 3. The van der Waals surface area contributed by atoms with E-state index in [1.807, 2.05) is 54.6 Å². The molecule has 3 aromatic carbocycles. The number of carbonyl (C=O) groups is 1. The molecule has 0 saturated heterocycles. The van der Waals surface area contributed by atoms with Crippen molar-refractivity contribution < 1.29 is 14.3 Å². The fourth-order valence-corrected chi connectivity index (χ4v) is 3.41.